The summed E-state index contributed by atoms with van der Waals surface area (Å²) >= 11 is 5.68. The summed E-state index contributed by atoms with van der Waals surface area (Å²) in [5.41, 5.74) is 0.744. The predicted octanol–water partition coefficient (Wildman–Crippen LogP) is 3.41. The molecule has 3 heteroatoms. The van der Waals surface area contributed by atoms with Crippen molar-refractivity contribution in [2.75, 3.05) is 7.05 Å². The molecule has 0 spiro atoms. The summed E-state index contributed by atoms with van der Waals surface area (Å²) in [6.45, 7) is 2.12. The van der Waals surface area contributed by atoms with Crippen molar-refractivity contribution < 1.29 is 4.39 Å². The fourth-order valence-electron chi connectivity index (χ4n) is 1.61. The summed E-state index contributed by atoms with van der Waals surface area (Å²) in [7, 11) is 1.94. The Hall–Kier alpha value is -0.600. The molecule has 0 aromatic heterocycles. The van der Waals surface area contributed by atoms with Gasteiger partial charge in [0.15, 0.2) is 0 Å². The molecule has 1 rings (SSSR count). The van der Waals surface area contributed by atoms with E-state index >= 15 is 0 Å². The first-order chi connectivity index (χ1) is 7.17. The van der Waals surface area contributed by atoms with Gasteiger partial charge in [-0.2, -0.15) is 0 Å². The molecule has 15 heavy (non-hydrogen) atoms. The molecule has 0 bridgehead atoms. The van der Waals surface area contributed by atoms with Crippen LogP contribution in [0.1, 0.15) is 25.3 Å². The first-order valence-electron chi connectivity index (χ1n) is 5.28. The second-order valence-corrected chi connectivity index (χ2v) is 4.10. The molecular formula is C12H17ClFN. The summed E-state index contributed by atoms with van der Waals surface area (Å²) in [6, 6.07) is 5.33. The van der Waals surface area contributed by atoms with Gasteiger partial charge < -0.3 is 5.32 Å². The van der Waals surface area contributed by atoms with Crippen molar-refractivity contribution in [1.82, 2.24) is 5.32 Å². The van der Waals surface area contributed by atoms with Crippen LogP contribution in [-0.4, -0.2) is 13.1 Å². The highest BCUT2D eigenvalue weighted by atomic mass is 35.5. The average Bonchev–Trinajstić information content (AvgIpc) is 2.22. The largest absolute Gasteiger partial charge is 0.317 e. The third-order valence-corrected chi connectivity index (χ3v) is 2.91. The minimum Gasteiger partial charge on any atom is -0.317 e. The molecule has 0 heterocycles. The van der Waals surface area contributed by atoms with Gasteiger partial charge in [0.25, 0.3) is 0 Å². The van der Waals surface area contributed by atoms with E-state index in [4.69, 9.17) is 11.6 Å². The lowest BCUT2D eigenvalue weighted by Gasteiger charge is -2.13. The van der Waals surface area contributed by atoms with Gasteiger partial charge in [-0.15, -0.1) is 0 Å². The number of benzene rings is 1. The van der Waals surface area contributed by atoms with E-state index in [2.05, 4.69) is 12.2 Å². The molecule has 0 fully saturated rings. The van der Waals surface area contributed by atoms with Crippen LogP contribution in [0.4, 0.5) is 4.39 Å². The van der Waals surface area contributed by atoms with Crippen molar-refractivity contribution >= 4 is 11.6 Å². The van der Waals surface area contributed by atoms with Gasteiger partial charge in [0.1, 0.15) is 5.82 Å². The summed E-state index contributed by atoms with van der Waals surface area (Å²) in [6.07, 6.45) is 2.76. The quantitative estimate of drug-likeness (QED) is 0.816. The zero-order valence-corrected chi connectivity index (χ0v) is 9.94. The highest BCUT2D eigenvalue weighted by Gasteiger charge is 2.07. The van der Waals surface area contributed by atoms with Gasteiger partial charge in [0.2, 0.25) is 0 Å². The Balaban J connectivity index is 2.57. The van der Waals surface area contributed by atoms with Gasteiger partial charge >= 0.3 is 0 Å². The molecule has 1 aromatic rings. The van der Waals surface area contributed by atoms with Crippen molar-refractivity contribution in [3.8, 4) is 0 Å². The minimum atomic E-state index is -0.201. The molecule has 0 radical (unpaired) electrons. The van der Waals surface area contributed by atoms with Crippen LogP contribution in [0.3, 0.4) is 0 Å². The third kappa shape index (κ3) is 3.80. The first kappa shape index (κ1) is 12.5. The highest BCUT2D eigenvalue weighted by molar-refractivity contribution is 6.30. The molecule has 0 aliphatic rings. The normalized spacial score (nSPS) is 12.8. The zero-order chi connectivity index (χ0) is 11.3. The smallest absolute Gasteiger partial charge is 0.127 e. The molecule has 1 atom stereocenters. The number of halogens is 2. The predicted molar refractivity (Wildman–Crippen MR) is 62.9 cm³/mol. The molecule has 84 valence electrons. The maximum atomic E-state index is 13.4. The number of hydrogen-bond acceptors (Lipinski definition) is 1. The van der Waals surface area contributed by atoms with Gasteiger partial charge in [-0.1, -0.05) is 24.6 Å². The van der Waals surface area contributed by atoms with Crippen LogP contribution in [-0.2, 0) is 6.42 Å². The monoisotopic (exact) mass is 229 g/mol. The van der Waals surface area contributed by atoms with Gasteiger partial charge in [-0.05, 0) is 44.0 Å². The second kappa shape index (κ2) is 6.09. The molecule has 0 aliphatic carbocycles. The van der Waals surface area contributed by atoms with Crippen molar-refractivity contribution in [3.63, 3.8) is 0 Å². The van der Waals surface area contributed by atoms with Crippen LogP contribution < -0.4 is 5.32 Å². The summed E-state index contributed by atoms with van der Waals surface area (Å²) in [5.74, 6) is -0.201. The summed E-state index contributed by atoms with van der Waals surface area (Å²) in [4.78, 5) is 0. The van der Waals surface area contributed by atoms with Crippen LogP contribution >= 0.6 is 11.6 Å². The van der Waals surface area contributed by atoms with Crippen LogP contribution in [0.2, 0.25) is 5.02 Å². The van der Waals surface area contributed by atoms with Gasteiger partial charge in [-0.3, -0.25) is 0 Å². The highest BCUT2D eigenvalue weighted by Crippen LogP contribution is 2.16. The number of nitrogens with one attached hydrogen (secondary N) is 1. The lowest BCUT2D eigenvalue weighted by atomic mass is 10.0. The Labute approximate surface area is 95.6 Å². The van der Waals surface area contributed by atoms with Gasteiger partial charge in [-0.25, -0.2) is 4.39 Å². The van der Waals surface area contributed by atoms with Crippen LogP contribution in [0.5, 0.6) is 0 Å². The first-order valence-corrected chi connectivity index (χ1v) is 5.66. The summed E-state index contributed by atoms with van der Waals surface area (Å²) in [5, 5.41) is 3.66. The molecular weight excluding hydrogens is 213 g/mol. The summed E-state index contributed by atoms with van der Waals surface area (Å²) < 4.78 is 13.4. The van der Waals surface area contributed by atoms with E-state index in [1.54, 1.807) is 12.1 Å². The van der Waals surface area contributed by atoms with Crippen LogP contribution in [0.25, 0.3) is 0 Å². The van der Waals surface area contributed by atoms with E-state index in [0.29, 0.717) is 11.1 Å². The van der Waals surface area contributed by atoms with E-state index in [-0.39, 0.29) is 5.82 Å². The maximum Gasteiger partial charge on any atom is 0.127 e. The SMILES string of the molecule is CCC(CCc1ccc(Cl)cc1F)NC. The Bertz CT molecular complexity index is 310. The second-order valence-electron chi connectivity index (χ2n) is 3.67. The minimum absolute atomic E-state index is 0.201. The molecule has 1 N–H and O–H groups in total. The topological polar surface area (TPSA) is 12.0 Å². The number of hydrogen-bond donors (Lipinski definition) is 1. The van der Waals surface area contributed by atoms with Gasteiger partial charge in [0, 0.05) is 11.1 Å². The lowest BCUT2D eigenvalue weighted by molar-refractivity contribution is 0.501. The number of aryl methyl sites for hydroxylation is 1. The van der Waals surface area contributed by atoms with Crippen molar-refractivity contribution in [2.45, 2.75) is 32.2 Å². The molecule has 0 saturated heterocycles. The Kier molecular flexibility index (Phi) is 5.06. The van der Waals surface area contributed by atoms with Crippen molar-refractivity contribution in [1.29, 1.82) is 0 Å². The van der Waals surface area contributed by atoms with E-state index in [0.717, 1.165) is 24.8 Å². The van der Waals surface area contributed by atoms with Gasteiger partial charge in [0.05, 0.1) is 0 Å². The number of rotatable bonds is 5. The van der Waals surface area contributed by atoms with Crippen molar-refractivity contribution in [2.24, 2.45) is 0 Å². The van der Waals surface area contributed by atoms with E-state index in [1.807, 2.05) is 7.05 Å². The molecule has 0 amide bonds. The molecule has 0 aliphatic heterocycles. The molecule has 1 aromatic carbocycles. The fraction of sp³-hybridized carbons (Fsp3) is 0.500. The van der Waals surface area contributed by atoms with E-state index < -0.39 is 0 Å². The molecule has 1 unspecified atom stereocenters. The Morgan fingerprint density at radius 3 is 2.73 bits per heavy atom. The Morgan fingerprint density at radius 2 is 2.20 bits per heavy atom. The maximum absolute atomic E-state index is 13.4. The average molecular weight is 230 g/mol. The van der Waals surface area contributed by atoms with Crippen molar-refractivity contribution in [3.05, 3.63) is 34.6 Å². The lowest BCUT2D eigenvalue weighted by Crippen LogP contribution is -2.24. The molecule has 0 saturated carbocycles. The fourth-order valence-corrected chi connectivity index (χ4v) is 1.77. The van der Waals surface area contributed by atoms with E-state index in [1.165, 1.54) is 6.07 Å². The third-order valence-electron chi connectivity index (χ3n) is 2.68. The van der Waals surface area contributed by atoms with Crippen LogP contribution in [0.15, 0.2) is 18.2 Å². The van der Waals surface area contributed by atoms with Crippen LogP contribution in [0, 0.1) is 5.82 Å². The molecule has 1 nitrogen and oxygen atoms in total. The Morgan fingerprint density at radius 1 is 1.47 bits per heavy atom. The van der Waals surface area contributed by atoms with E-state index in [9.17, 15) is 4.39 Å². The standard InChI is InChI=1S/C12H17ClFN/c1-3-11(15-2)7-5-9-4-6-10(13)8-12(9)14/h4,6,8,11,15H,3,5,7H2,1-2H3. The zero-order valence-electron chi connectivity index (χ0n) is 9.19.